The van der Waals surface area contributed by atoms with Gasteiger partial charge in [-0.3, -0.25) is 0 Å². The van der Waals surface area contributed by atoms with Crippen molar-refractivity contribution in [2.75, 3.05) is 19.3 Å². The maximum atomic E-state index is 12.5. The second-order valence-corrected chi connectivity index (χ2v) is 10.0. The van der Waals surface area contributed by atoms with E-state index in [2.05, 4.69) is 4.72 Å². The summed E-state index contributed by atoms with van der Waals surface area (Å²) in [4.78, 5) is 0.309. The van der Waals surface area contributed by atoms with Crippen LogP contribution in [0.4, 0.5) is 0 Å². The predicted octanol–water partition coefficient (Wildman–Crippen LogP) is 0.878. The summed E-state index contributed by atoms with van der Waals surface area (Å²) in [6.45, 7) is 0.715. The lowest BCUT2D eigenvalue weighted by molar-refractivity contribution is 0.310. The van der Waals surface area contributed by atoms with E-state index in [4.69, 9.17) is 0 Å². The summed E-state index contributed by atoms with van der Waals surface area (Å²) in [5.74, 6) is 0. The topological polar surface area (TPSA) is 83.6 Å². The van der Waals surface area contributed by atoms with Crippen LogP contribution < -0.4 is 4.72 Å². The molecule has 1 aliphatic carbocycles. The minimum Gasteiger partial charge on any atom is -0.213 e. The Morgan fingerprint density at radius 1 is 1.04 bits per heavy atom. The van der Waals surface area contributed by atoms with Crippen molar-refractivity contribution in [2.45, 2.75) is 43.0 Å². The van der Waals surface area contributed by atoms with Crippen molar-refractivity contribution in [1.29, 1.82) is 0 Å². The first-order valence-corrected chi connectivity index (χ1v) is 11.2. The molecule has 2 aliphatic rings. The number of piperidine rings is 1. The number of aryl methyl sites for hydroxylation is 2. The van der Waals surface area contributed by atoms with Crippen molar-refractivity contribution >= 4 is 20.0 Å². The van der Waals surface area contributed by atoms with Crippen molar-refractivity contribution in [3.63, 3.8) is 0 Å². The van der Waals surface area contributed by atoms with Crippen LogP contribution in [0.25, 0.3) is 0 Å². The molecule has 1 fully saturated rings. The first-order valence-electron chi connectivity index (χ1n) is 7.85. The van der Waals surface area contributed by atoms with Crippen LogP contribution in [-0.4, -0.2) is 46.5 Å². The molecule has 0 spiro atoms. The molecule has 1 aliphatic heterocycles. The van der Waals surface area contributed by atoms with Crippen LogP contribution >= 0.6 is 0 Å². The van der Waals surface area contributed by atoms with Crippen LogP contribution in [0.15, 0.2) is 23.1 Å². The molecule has 0 bridgehead atoms. The van der Waals surface area contributed by atoms with Crippen LogP contribution in [0.3, 0.4) is 0 Å². The smallest absolute Gasteiger partial charge is 0.213 e. The molecule has 0 radical (unpaired) electrons. The molecule has 1 N–H and O–H groups in total. The van der Waals surface area contributed by atoms with Gasteiger partial charge in [0.25, 0.3) is 0 Å². The highest BCUT2D eigenvalue weighted by atomic mass is 32.2. The van der Waals surface area contributed by atoms with Gasteiger partial charge >= 0.3 is 0 Å². The van der Waals surface area contributed by atoms with E-state index >= 15 is 0 Å². The van der Waals surface area contributed by atoms with E-state index in [1.54, 1.807) is 12.1 Å². The largest absolute Gasteiger partial charge is 0.240 e. The second kappa shape index (κ2) is 6.16. The van der Waals surface area contributed by atoms with Crippen molar-refractivity contribution in [3.8, 4) is 0 Å². The Morgan fingerprint density at radius 2 is 1.70 bits per heavy atom. The van der Waals surface area contributed by atoms with Gasteiger partial charge in [-0.25, -0.2) is 25.9 Å². The molecule has 0 amide bonds. The number of rotatable bonds is 4. The van der Waals surface area contributed by atoms with Gasteiger partial charge in [0.1, 0.15) is 0 Å². The molecular formula is C15H22N2O4S2. The number of hydrogen-bond acceptors (Lipinski definition) is 4. The van der Waals surface area contributed by atoms with Gasteiger partial charge < -0.3 is 0 Å². The minimum atomic E-state index is -3.55. The van der Waals surface area contributed by atoms with E-state index in [0.29, 0.717) is 30.8 Å². The summed E-state index contributed by atoms with van der Waals surface area (Å²) >= 11 is 0. The normalized spacial score (nSPS) is 20.6. The van der Waals surface area contributed by atoms with Crippen molar-refractivity contribution in [3.05, 3.63) is 29.3 Å². The summed E-state index contributed by atoms with van der Waals surface area (Å²) in [6.07, 6.45) is 5.21. The molecule has 0 saturated carbocycles. The van der Waals surface area contributed by atoms with E-state index in [1.807, 2.05) is 6.07 Å². The summed E-state index contributed by atoms with van der Waals surface area (Å²) < 4.78 is 52.2. The zero-order chi connectivity index (χ0) is 16.7. The van der Waals surface area contributed by atoms with Crippen molar-refractivity contribution in [2.24, 2.45) is 0 Å². The van der Waals surface area contributed by atoms with Gasteiger partial charge in [0.15, 0.2) is 0 Å². The second-order valence-electron chi connectivity index (χ2n) is 6.34. The standard InChI is InChI=1S/C15H22N2O4S2/c1-22(18,19)17-9-7-14(8-10-17)16-23(20,21)15-6-5-12-3-2-4-13(12)11-15/h5-6,11,14,16H,2-4,7-10H2,1H3. The molecule has 1 aromatic rings. The fourth-order valence-corrected chi connectivity index (χ4v) is 5.54. The highest BCUT2D eigenvalue weighted by Crippen LogP contribution is 2.25. The molecule has 8 heteroatoms. The molecule has 1 heterocycles. The van der Waals surface area contributed by atoms with E-state index in [9.17, 15) is 16.8 Å². The summed E-state index contributed by atoms with van der Waals surface area (Å²) in [7, 11) is -6.75. The van der Waals surface area contributed by atoms with Crippen molar-refractivity contribution < 1.29 is 16.8 Å². The fraction of sp³-hybridized carbons (Fsp3) is 0.600. The number of benzene rings is 1. The fourth-order valence-electron chi connectivity index (χ4n) is 3.31. The quantitative estimate of drug-likeness (QED) is 0.866. The van der Waals surface area contributed by atoms with Gasteiger partial charge in [0, 0.05) is 19.1 Å². The molecule has 0 atom stereocenters. The zero-order valence-corrected chi connectivity index (χ0v) is 14.8. The van der Waals surface area contributed by atoms with Gasteiger partial charge in [-0.1, -0.05) is 6.07 Å². The Labute approximate surface area is 138 Å². The average Bonchev–Trinajstić information content (AvgIpc) is 2.93. The molecule has 1 saturated heterocycles. The number of fused-ring (bicyclic) bond motifs is 1. The van der Waals surface area contributed by atoms with E-state index in [0.717, 1.165) is 24.8 Å². The first kappa shape index (κ1) is 16.9. The Hall–Kier alpha value is -0.960. The van der Waals surface area contributed by atoms with Gasteiger partial charge in [-0.15, -0.1) is 0 Å². The third kappa shape index (κ3) is 3.76. The highest BCUT2D eigenvalue weighted by Gasteiger charge is 2.28. The molecule has 6 nitrogen and oxygen atoms in total. The summed E-state index contributed by atoms with van der Waals surface area (Å²) in [5.41, 5.74) is 2.37. The molecule has 1 aromatic carbocycles. The van der Waals surface area contributed by atoms with E-state index < -0.39 is 20.0 Å². The lowest BCUT2D eigenvalue weighted by atomic mass is 10.1. The van der Waals surface area contributed by atoms with Gasteiger partial charge in [-0.2, -0.15) is 0 Å². The van der Waals surface area contributed by atoms with Crippen LogP contribution in [0.1, 0.15) is 30.4 Å². The third-order valence-corrected chi connectivity index (χ3v) is 7.45. The molecule has 23 heavy (non-hydrogen) atoms. The van der Waals surface area contributed by atoms with E-state index in [-0.39, 0.29) is 6.04 Å². The number of hydrogen-bond donors (Lipinski definition) is 1. The van der Waals surface area contributed by atoms with Crippen LogP contribution in [-0.2, 0) is 32.9 Å². The lowest BCUT2D eigenvalue weighted by Gasteiger charge is -2.30. The first-order chi connectivity index (χ1) is 10.8. The predicted molar refractivity (Wildman–Crippen MR) is 88.2 cm³/mol. The molecule has 128 valence electrons. The Morgan fingerprint density at radius 3 is 2.35 bits per heavy atom. The number of sulfonamides is 2. The van der Waals surface area contributed by atoms with Gasteiger partial charge in [0.05, 0.1) is 11.2 Å². The molecular weight excluding hydrogens is 336 g/mol. The monoisotopic (exact) mass is 358 g/mol. The number of nitrogens with one attached hydrogen (secondary N) is 1. The van der Waals surface area contributed by atoms with Gasteiger partial charge in [0.2, 0.25) is 20.0 Å². The zero-order valence-electron chi connectivity index (χ0n) is 13.2. The average molecular weight is 358 g/mol. The Kier molecular flexibility index (Phi) is 4.52. The van der Waals surface area contributed by atoms with E-state index in [1.165, 1.54) is 16.1 Å². The lowest BCUT2D eigenvalue weighted by Crippen LogP contribution is -2.46. The van der Waals surface area contributed by atoms with Crippen molar-refractivity contribution in [1.82, 2.24) is 9.03 Å². The third-order valence-electron chi connectivity index (χ3n) is 4.63. The maximum absolute atomic E-state index is 12.5. The van der Waals surface area contributed by atoms with Gasteiger partial charge in [-0.05, 0) is 55.4 Å². The van der Waals surface area contributed by atoms with Crippen LogP contribution in [0.5, 0.6) is 0 Å². The molecule has 3 rings (SSSR count). The SMILES string of the molecule is CS(=O)(=O)N1CCC(NS(=O)(=O)c2ccc3c(c2)CCC3)CC1. The minimum absolute atomic E-state index is 0.216. The van der Waals surface area contributed by atoms with Crippen LogP contribution in [0.2, 0.25) is 0 Å². The highest BCUT2D eigenvalue weighted by molar-refractivity contribution is 7.89. The van der Waals surface area contributed by atoms with Crippen LogP contribution in [0, 0.1) is 0 Å². The molecule has 0 unspecified atom stereocenters. The molecule has 0 aromatic heterocycles. The maximum Gasteiger partial charge on any atom is 0.240 e. The summed E-state index contributed by atoms with van der Waals surface area (Å²) in [5, 5.41) is 0. The Balaban J connectivity index is 1.68. The summed E-state index contributed by atoms with van der Waals surface area (Å²) in [6, 6.07) is 5.13. The number of nitrogens with zero attached hydrogens (tertiary/aromatic N) is 1. The Bertz CT molecular complexity index is 795.